The van der Waals surface area contributed by atoms with E-state index < -0.39 is 0 Å². The van der Waals surface area contributed by atoms with Gasteiger partial charge in [-0.3, -0.25) is 4.79 Å². The summed E-state index contributed by atoms with van der Waals surface area (Å²) in [5, 5.41) is 31.7. The van der Waals surface area contributed by atoms with E-state index in [2.05, 4.69) is 52.8 Å². The second-order valence-electron chi connectivity index (χ2n) is 10.7. The van der Waals surface area contributed by atoms with E-state index >= 15 is 0 Å². The van der Waals surface area contributed by atoms with Crippen LogP contribution >= 0.6 is 0 Å². The fourth-order valence-electron chi connectivity index (χ4n) is 4.11. The number of carbonyl (C=O) groups is 1. The second kappa shape index (κ2) is 15.6. The molecule has 0 bridgehead atoms. The zero-order chi connectivity index (χ0) is 28.9. The number of aromatic hydroxyl groups is 3. The zero-order valence-corrected chi connectivity index (χ0v) is 24.3. The van der Waals surface area contributed by atoms with Crippen LogP contribution in [0.5, 0.6) is 17.2 Å². The molecule has 0 aliphatic carbocycles. The first-order valence-corrected chi connectivity index (χ1v) is 13.6. The van der Waals surface area contributed by atoms with Crippen LogP contribution in [0.1, 0.15) is 94.3 Å². The first kappa shape index (κ1) is 31.4. The molecule has 0 aliphatic rings. The molecule has 2 aromatic carbocycles. The van der Waals surface area contributed by atoms with Gasteiger partial charge in [-0.2, -0.15) is 0 Å². The predicted octanol–water partition coefficient (Wildman–Crippen LogP) is 9.17. The lowest BCUT2D eigenvalue weighted by molar-refractivity contribution is 0.104. The number of ketones is 1. The number of allylic oxidation sites excluding steroid dienone is 9. The van der Waals surface area contributed by atoms with Crippen LogP contribution in [-0.4, -0.2) is 21.1 Å². The third-order valence-corrected chi connectivity index (χ3v) is 6.54. The van der Waals surface area contributed by atoms with E-state index in [0.717, 1.165) is 36.8 Å². The van der Waals surface area contributed by atoms with Crippen LogP contribution in [-0.2, 0) is 12.8 Å². The first-order chi connectivity index (χ1) is 18.5. The minimum atomic E-state index is -0.350. The van der Waals surface area contributed by atoms with Crippen LogP contribution in [0.2, 0.25) is 0 Å². The van der Waals surface area contributed by atoms with Crippen LogP contribution in [0.25, 0.3) is 6.08 Å². The Morgan fingerprint density at radius 3 is 1.79 bits per heavy atom. The van der Waals surface area contributed by atoms with E-state index in [1.165, 1.54) is 22.8 Å². The number of phenols is 3. The summed E-state index contributed by atoms with van der Waals surface area (Å²) in [5.41, 5.74) is 6.83. The summed E-state index contributed by atoms with van der Waals surface area (Å²) in [4.78, 5) is 13.2. The molecule has 2 aromatic rings. The van der Waals surface area contributed by atoms with Crippen LogP contribution in [0.3, 0.4) is 0 Å². The molecule has 0 aromatic heterocycles. The Hall–Kier alpha value is -3.79. The van der Waals surface area contributed by atoms with Gasteiger partial charge in [-0.25, -0.2) is 0 Å². The normalized spacial score (nSPS) is 12.1. The molecule has 0 spiro atoms. The Kier molecular flexibility index (Phi) is 12.6. The van der Waals surface area contributed by atoms with Gasteiger partial charge in [0.1, 0.15) is 17.2 Å². The van der Waals surface area contributed by atoms with Gasteiger partial charge in [0.15, 0.2) is 5.78 Å². The highest BCUT2D eigenvalue weighted by molar-refractivity contribution is 6.09. The van der Waals surface area contributed by atoms with Crippen molar-refractivity contribution in [3.63, 3.8) is 0 Å². The topological polar surface area (TPSA) is 77.8 Å². The van der Waals surface area contributed by atoms with Gasteiger partial charge in [0.25, 0.3) is 0 Å². The highest BCUT2D eigenvalue weighted by Gasteiger charge is 2.19. The summed E-state index contributed by atoms with van der Waals surface area (Å²) in [7, 11) is 0. The van der Waals surface area contributed by atoms with Gasteiger partial charge in [0.05, 0.1) is 5.56 Å². The molecule has 0 saturated heterocycles. The Labute approximate surface area is 234 Å². The monoisotopic (exact) mass is 528 g/mol. The lowest BCUT2D eigenvalue weighted by atomic mass is 9.94. The highest BCUT2D eigenvalue weighted by atomic mass is 16.3. The number of rotatable bonds is 13. The standard InChI is InChI=1S/C35H44O4/c1-24(2)9-7-11-26(5)13-18-29-23-32(33(37)22-17-28-15-19-30(36)20-16-28)35(39)31(34(29)38)21-14-27(6)12-8-10-25(3)4/h9-10,13-17,19-20,22-23,36,38-39H,7-8,11-12,18,21H2,1-6H3/b22-17+,26-13+,27-14+. The van der Waals surface area contributed by atoms with Crippen molar-refractivity contribution >= 4 is 11.9 Å². The summed E-state index contributed by atoms with van der Waals surface area (Å²) in [6.45, 7) is 12.4. The molecule has 0 heterocycles. The lowest BCUT2D eigenvalue weighted by Crippen LogP contribution is -2.02. The summed E-state index contributed by atoms with van der Waals surface area (Å²) in [5.74, 6) is -0.351. The van der Waals surface area contributed by atoms with Gasteiger partial charge < -0.3 is 15.3 Å². The van der Waals surface area contributed by atoms with Crippen molar-refractivity contribution in [2.24, 2.45) is 0 Å². The molecule has 3 N–H and O–H groups in total. The second-order valence-corrected chi connectivity index (χ2v) is 10.7. The largest absolute Gasteiger partial charge is 0.508 e. The number of hydrogen-bond acceptors (Lipinski definition) is 4. The summed E-state index contributed by atoms with van der Waals surface area (Å²) in [6.07, 6.45) is 16.0. The maximum Gasteiger partial charge on any atom is 0.189 e. The molecule has 0 atom stereocenters. The van der Waals surface area contributed by atoms with Crippen molar-refractivity contribution in [1.29, 1.82) is 0 Å². The molecule has 0 radical (unpaired) electrons. The average Bonchev–Trinajstić information content (AvgIpc) is 2.87. The molecular formula is C35H44O4. The van der Waals surface area contributed by atoms with Gasteiger partial charge in [0.2, 0.25) is 0 Å². The van der Waals surface area contributed by atoms with Gasteiger partial charge in [-0.15, -0.1) is 0 Å². The third kappa shape index (κ3) is 10.8. The molecule has 0 fully saturated rings. The SMILES string of the molecule is CC(C)=CCC/C(C)=C/Cc1cc(C(=O)/C=C/c2ccc(O)cc2)c(O)c(C/C=C(\C)CCC=C(C)C)c1O. The van der Waals surface area contributed by atoms with Crippen molar-refractivity contribution in [1.82, 2.24) is 0 Å². The number of hydrogen-bond donors (Lipinski definition) is 3. The Balaban J connectivity index is 2.40. The van der Waals surface area contributed by atoms with Gasteiger partial charge in [-0.05, 0) is 115 Å². The van der Waals surface area contributed by atoms with Crippen molar-refractivity contribution in [2.45, 2.75) is 80.1 Å². The molecule has 4 heteroatoms. The van der Waals surface area contributed by atoms with Gasteiger partial charge in [-0.1, -0.05) is 64.8 Å². The molecule has 0 amide bonds. The highest BCUT2D eigenvalue weighted by Crippen LogP contribution is 2.36. The van der Waals surface area contributed by atoms with Crippen molar-refractivity contribution in [2.75, 3.05) is 0 Å². The van der Waals surface area contributed by atoms with E-state index in [1.807, 2.05) is 13.0 Å². The quantitative estimate of drug-likeness (QED) is 0.138. The fourth-order valence-corrected chi connectivity index (χ4v) is 4.11. The van der Waals surface area contributed by atoms with Gasteiger partial charge in [0, 0.05) is 5.56 Å². The molecule has 0 aliphatic heterocycles. The van der Waals surface area contributed by atoms with E-state index in [0.29, 0.717) is 24.0 Å². The van der Waals surface area contributed by atoms with E-state index in [9.17, 15) is 20.1 Å². The maximum absolute atomic E-state index is 13.2. The molecule has 208 valence electrons. The third-order valence-electron chi connectivity index (χ3n) is 6.54. The molecule has 0 saturated carbocycles. The predicted molar refractivity (Wildman–Crippen MR) is 163 cm³/mol. The summed E-state index contributed by atoms with van der Waals surface area (Å²) in [6, 6.07) is 8.12. The maximum atomic E-state index is 13.2. The van der Waals surface area contributed by atoms with E-state index in [1.54, 1.807) is 36.4 Å². The Bertz CT molecular complexity index is 1280. The Morgan fingerprint density at radius 2 is 1.26 bits per heavy atom. The van der Waals surface area contributed by atoms with Crippen molar-refractivity contribution in [3.05, 3.63) is 105 Å². The molecular weight excluding hydrogens is 484 g/mol. The Morgan fingerprint density at radius 1 is 0.718 bits per heavy atom. The van der Waals surface area contributed by atoms with E-state index in [-0.39, 0.29) is 28.6 Å². The molecule has 2 rings (SSSR count). The molecule has 39 heavy (non-hydrogen) atoms. The summed E-state index contributed by atoms with van der Waals surface area (Å²) >= 11 is 0. The summed E-state index contributed by atoms with van der Waals surface area (Å²) < 4.78 is 0. The smallest absolute Gasteiger partial charge is 0.189 e. The van der Waals surface area contributed by atoms with Crippen LogP contribution < -0.4 is 0 Å². The fraction of sp³-hybridized carbons (Fsp3) is 0.343. The zero-order valence-electron chi connectivity index (χ0n) is 24.3. The average molecular weight is 529 g/mol. The van der Waals surface area contributed by atoms with Crippen molar-refractivity contribution in [3.8, 4) is 17.2 Å². The number of phenolic OH excluding ortho intramolecular Hbond substituents is 3. The minimum absolute atomic E-state index is 0.0354. The van der Waals surface area contributed by atoms with Gasteiger partial charge >= 0.3 is 0 Å². The first-order valence-electron chi connectivity index (χ1n) is 13.6. The lowest BCUT2D eigenvalue weighted by Gasteiger charge is -2.14. The number of benzene rings is 2. The van der Waals surface area contributed by atoms with E-state index in [4.69, 9.17) is 0 Å². The molecule has 0 unspecified atom stereocenters. The number of carbonyl (C=O) groups excluding carboxylic acids is 1. The minimum Gasteiger partial charge on any atom is -0.508 e. The van der Waals surface area contributed by atoms with Crippen LogP contribution in [0.4, 0.5) is 0 Å². The van der Waals surface area contributed by atoms with Crippen molar-refractivity contribution < 1.29 is 20.1 Å². The van der Waals surface area contributed by atoms with Crippen LogP contribution in [0, 0.1) is 0 Å². The van der Waals surface area contributed by atoms with Crippen LogP contribution in [0.15, 0.2) is 83.0 Å². The molecule has 4 nitrogen and oxygen atoms in total.